The highest BCUT2D eigenvalue weighted by molar-refractivity contribution is 5.97. The van der Waals surface area contributed by atoms with Crippen LogP contribution < -0.4 is 11.1 Å². The van der Waals surface area contributed by atoms with E-state index in [1.807, 2.05) is 6.92 Å². The lowest BCUT2D eigenvalue weighted by Gasteiger charge is -2.32. The zero-order valence-corrected chi connectivity index (χ0v) is 11.9. The van der Waals surface area contributed by atoms with Gasteiger partial charge in [0, 0.05) is 26.7 Å². The van der Waals surface area contributed by atoms with Crippen molar-refractivity contribution in [2.24, 2.45) is 5.92 Å². The van der Waals surface area contributed by atoms with E-state index in [9.17, 15) is 9.59 Å². The zero-order chi connectivity index (χ0) is 14.7. The summed E-state index contributed by atoms with van der Waals surface area (Å²) in [5.41, 5.74) is 6.64. The Bertz CT molecular complexity index is 511. The second-order valence-electron chi connectivity index (χ2n) is 4.97. The maximum Gasteiger partial charge on any atom is 0.274 e. The largest absolute Gasteiger partial charge is 0.396 e. The minimum atomic E-state index is -0.143. The van der Waals surface area contributed by atoms with Crippen molar-refractivity contribution < 1.29 is 9.59 Å². The molecule has 1 unspecified atom stereocenters. The van der Waals surface area contributed by atoms with Crippen molar-refractivity contribution in [3.63, 3.8) is 0 Å². The number of rotatable bonds is 3. The second kappa shape index (κ2) is 5.94. The van der Waals surface area contributed by atoms with Gasteiger partial charge in [-0.15, -0.1) is 0 Å². The fourth-order valence-electron chi connectivity index (χ4n) is 2.60. The number of aryl methyl sites for hydroxylation is 1. The van der Waals surface area contributed by atoms with Crippen LogP contribution in [0.2, 0.25) is 0 Å². The number of carbonyl (C=O) groups excluding carboxylic acids is 2. The Hall–Kier alpha value is -2.05. The first-order valence-electron chi connectivity index (χ1n) is 6.90. The van der Waals surface area contributed by atoms with E-state index < -0.39 is 0 Å². The Labute approximate surface area is 118 Å². The molecule has 1 aromatic heterocycles. The molecule has 1 aliphatic rings. The molecule has 2 rings (SSSR count). The van der Waals surface area contributed by atoms with E-state index >= 15 is 0 Å². The molecule has 0 radical (unpaired) electrons. The summed E-state index contributed by atoms with van der Waals surface area (Å²) in [6.07, 6.45) is 3.13. The molecule has 7 nitrogen and oxygen atoms in total. The van der Waals surface area contributed by atoms with Gasteiger partial charge in [-0.25, -0.2) is 0 Å². The summed E-state index contributed by atoms with van der Waals surface area (Å²) in [7, 11) is 1.62. The lowest BCUT2D eigenvalue weighted by Crippen LogP contribution is -2.45. The van der Waals surface area contributed by atoms with E-state index in [1.54, 1.807) is 16.6 Å². The number of hydrogen-bond acceptors (Lipinski definition) is 4. The van der Waals surface area contributed by atoms with E-state index in [4.69, 9.17) is 5.73 Å². The highest BCUT2D eigenvalue weighted by atomic mass is 16.2. The molecule has 7 heteroatoms. The smallest absolute Gasteiger partial charge is 0.274 e. The second-order valence-corrected chi connectivity index (χ2v) is 4.97. The Morgan fingerprint density at radius 3 is 2.95 bits per heavy atom. The molecule has 1 saturated heterocycles. The van der Waals surface area contributed by atoms with Crippen LogP contribution in [0.5, 0.6) is 0 Å². The highest BCUT2D eigenvalue weighted by Gasteiger charge is 2.30. The predicted molar refractivity (Wildman–Crippen MR) is 75.0 cm³/mol. The molecule has 1 atom stereocenters. The first-order chi connectivity index (χ1) is 9.58. The van der Waals surface area contributed by atoms with Gasteiger partial charge in [-0.2, -0.15) is 5.10 Å². The van der Waals surface area contributed by atoms with Crippen molar-refractivity contribution in [3.8, 4) is 0 Å². The van der Waals surface area contributed by atoms with Crippen LogP contribution in [0.25, 0.3) is 0 Å². The lowest BCUT2D eigenvalue weighted by atomic mass is 9.97. The molecule has 0 aromatic carbocycles. The van der Waals surface area contributed by atoms with Gasteiger partial charge >= 0.3 is 0 Å². The molecule has 110 valence electrons. The van der Waals surface area contributed by atoms with Crippen LogP contribution in [0.1, 0.15) is 30.3 Å². The van der Waals surface area contributed by atoms with E-state index in [0.29, 0.717) is 31.0 Å². The van der Waals surface area contributed by atoms with Crippen LogP contribution in [0.3, 0.4) is 0 Å². The van der Waals surface area contributed by atoms with Crippen LogP contribution in [-0.4, -0.2) is 46.6 Å². The average Bonchev–Trinajstić information content (AvgIpc) is 2.86. The van der Waals surface area contributed by atoms with Crippen molar-refractivity contribution in [1.29, 1.82) is 0 Å². The van der Waals surface area contributed by atoms with Gasteiger partial charge in [0.05, 0.1) is 17.8 Å². The molecule has 0 spiro atoms. The van der Waals surface area contributed by atoms with Crippen LogP contribution in [-0.2, 0) is 11.3 Å². The highest BCUT2D eigenvalue weighted by Crippen LogP contribution is 2.21. The van der Waals surface area contributed by atoms with Gasteiger partial charge in [-0.05, 0) is 19.8 Å². The SMILES string of the molecule is CCn1ncc(N)c1C(=O)N1CCCC(C(=O)NC)C1. The van der Waals surface area contributed by atoms with Crippen molar-refractivity contribution in [2.75, 3.05) is 25.9 Å². The Kier molecular flexibility index (Phi) is 4.26. The van der Waals surface area contributed by atoms with E-state index in [-0.39, 0.29) is 17.7 Å². The van der Waals surface area contributed by atoms with Gasteiger partial charge in [-0.1, -0.05) is 0 Å². The van der Waals surface area contributed by atoms with Crippen molar-refractivity contribution >= 4 is 17.5 Å². The van der Waals surface area contributed by atoms with Gasteiger partial charge in [-0.3, -0.25) is 14.3 Å². The van der Waals surface area contributed by atoms with E-state index in [0.717, 1.165) is 12.8 Å². The number of nitrogen functional groups attached to an aromatic ring is 1. The maximum absolute atomic E-state index is 12.6. The summed E-state index contributed by atoms with van der Waals surface area (Å²) >= 11 is 0. The summed E-state index contributed by atoms with van der Waals surface area (Å²) in [6, 6.07) is 0. The third-order valence-electron chi connectivity index (χ3n) is 3.70. The van der Waals surface area contributed by atoms with E-state index in [1.165, 1.54) is 6.20 Å². The quantitative estimate of drug-likeness (QED) is 0.819. The molecular formula is C13H21N5O2. The standard InChI is InChI=1S/C13H21N5O2/c1-3-18-11(10(14)7-16-18)13(20)17-6-4-5-9(8-17)12(19)15-2/h7,9H,3-6,8,14H2,1-2H3,(H,15,19). The zero-order valence-electron chi connectivity index (χ0n) is 11.9. The number of anilines is 1. The molecule has 1 aliphatic heterocycles. The van der Waals surface area contributed by atoms with E-state index in [2.05, 4.69) is 10.4 Å². The van der Waals surface area contributed by atoms with Crippen LogP contribution in [0, 0.1) is 5.92 Å². The number of nitrogens with two attached hydrogens (primary N) is 1. The number of piperidine rings is 1. The van der Waals surface area contributed by atoms with Crippen LogP contribution >= 0.6 is 0 Å². The third-order valence-corrected chi connectivity index (χ3v) is 3.70. The number of aromatic nitrogens is 2. The van der Waals surface area contributed by atoms with Crippen molar-refractivity contribution in [2.45, 2.75) is 26.3 Å². The molecular weight excluding hydrogens is 258 g/mol. The average molecular weight is 279 g/mol. The molecule has 2 amide bonds. The molecule has 3 N–H and O–H groups in total. The van der Waals surface area contributed by atoms with Gasteiger partial charge in [0.15, 0.2) is 0 Å². The summed E-state index contributed by atoms with van der Waals surface area (Å²) in [6.45, 7) is 3.59. The van der Waals surface area contributed by atoms with Crippen molar-refractivity contribution in [1.82, 2.24) is 20.0 Å². The number of hydrogen-bond donors (Lipinski definition) is 2. The summed E-state index contributed by atoms with van der Waals surface area (Å²) in [4.78, 5) is 26.0. The molecule has 1 aromatic rings. The van der Waals surface area contributed by atoms with Crippen LogP contribution in [0.15, 0.2) is 6.20 Å². The van der Waals surface area contributed by atoms with Gasteiger partial charge in [0.2, 0.25) is 5.91 Å². The lowest BCUT2D eigenvalue weighted by molar-refractivity contribution is -0.125. The molecule has 0 aliphatic carbocycles. The van der Waals surface area contributed by atoms with Gasteiger partial charge < -0.3 is 16.0 Å². The minimum Gasteiger partial charge on any atom is -0.396 e. The summed E-state index contributed by atoms with van der Waals surface area (Å²) in [5, 5.41) is 6.73. The topological polar surface area (TPSA) is 93.2 Å². The number of nitrogens with one attached hydrogen (secondary N) is 1. The Morgan fingerprint density at radius 2 is 2.30 bits per heavy atom. The summed E-state index contributed by atoms with van der Waals surface area (Å²) in [5.74, 6) is -0.299. The normalized spacial score (nSPS) is 18.9. The monoisotopic (exact) mass is 279 g/mol. The third kappa shape index (κ3) is 2.61. The number of nitrogens with zero attached hydrogens (tertiary/aromatic N) is 3. The number of amides is 2. The Morgan fingerprint density at radius 1 is 1.55 bits per heavy atom. The minimum absolute atomic E-state index is 0.0144. The summed E-state index contributed by atoms with van der Waals surface area (Å²) < 4.78 is 1.60. The predicted octanol–water partition coefficient (Wildman–Crippen LogP) is 0.0834. The fraction of sp³-hybridized carbons (Fsp3) is 0.615. The van der Waals surface area contributed by atoms with Gasteiger partial charge in [0.1, 0.15) is 5.69 Å². The first-order valence-corrected chi connectivity index (χ1v) is 6.90. The van der Waals surface area contributed by atoms with Gasteiger partial charge in [0.25, 0.3) is 5.91 Å². The first kappa shape index (κ1) is 14.4. The Balaban J connectivity index is 2.16. The molecule has 0 saturated carbocycles. The maximum atomic E-state index is 12.6. The van der Waals surface area contributed by atoms with Crippen LogP contribution in [0.4, 0.5) is 5.69 Å². The van der Waals surface area contributed by atoms with Crippen molar-refractivity contribution in [3.05, 3.63) is 11.9 Å². The molecule has 0 bridgehead atoms. The number of carbonyl (C=O) groups is 2. The molecule has 2 heterocycles. The molecule has 1 fully saturated rings. The molecule has 20 heavy (non-hydrogen) atoms. The fourth-order valence-corrected chi connectivity index (χ4v) is 2.60. The number of likely N-dealkylation sites (tertiary alicyclic amines) is 1.